The number of aromatic nitrogens is 1. The van der Waals surface area contributed by atoms with Gasteiger partial charge < -0.3 is 20.1 Å². The molecule has 1 aliphatic heterocycles. The molecular weight excluding hydrogens is 416 g/mol. The van der Waals surface area contributed by atoms with Crippen LogP contribution in [0.4, 0.5) is 11.5 Å². The lowest BCUT2D eigenvalue weighted by Gasteiger charge is -2.33. The SMILES string of the molecule is CCOc1cc(CN2CCC(Nc3ccc(NC(C)=O)nc3)CC2)ccc1OC1CCCC1. The lowest BCUT2D eigenvalue weighted by molar-refractivity contribution is -0.114. The lowest BCUT2D eigenvalue weighted by atomic mass is 10.0. The van der Waals surface area contributed by atoms with Gasteiger partial charge in [-0.05, 0) is 75.3 Å². The number of piperidine rings is 1. The van der Waals surface area contributed by atoms with Crippen molar-refractivity contribution in [2.45, 2.75) is 71.1 Å². The number of carbonyl (C=O) groups is 1. The molecule has 2 N–H and O–H groups in total. The van der Waals surface area contributed by atoms with Crippen LogP contribution < -0.4 is 20.1 Å². The summed E-state index contributed by atoms with van der Waals surface area (Å²) in [6.45, 7) is 7.15. The Morgan fingerprint density at radius 2 is 1.88 bits per heavy atom. The molecule has 0 unspecified atom stereocenters. The Labute approximate surface area is 196 Å². The number of pyridine rings is 1. The summed E-state index contributed by atoms with van der Waals surface area (Å²) in [5, 5.41) is 6.27. The van der Waals surface area contributed by atoms with Crippen molar-refractivity contribution in [2.75, 3.05) is 30.3 Å². The maximum Gasteiger partial charge on any atom is 0.222 e. The molecule has 4 rings (SSSR count). The summed E-state index contributed by atoms with van der Waals surface area (Å²) in [5.74, 6) is 2.22. The monoisotopic (exact) mass is 452 g/mol. The summed E-state index contributed by atoms with van der Waals surface area (Å²) in [4.78, 5) is 17.9. The smallest absolute Gasteiger partial charge is 0.222 e. The predicted octanol–water partition coefficient (Wildman–Crippen LogP) is 4.84. The molecule has 2 heterocycles. The highest BCUT2D eigenvalue weighted by Gasteiger charge is 2.21. The zero-order valence-electron chi connectivity index (χ0n) is 19.8. The third-order valence-electron chi connectivity index (χ3n) is 6.34. The first-order chi connectivity index (χ1) is 16.1. The quantitative estimate of drug-likeness (QED) is 0.567. The standard InChI is InChI=1S/C26H36N4O3/c1-3-32-25-16-20(8-10-24(25)33-23-6-4-5-7-23)18-30-14-12-21(13-15-30)29-22-9-11-26(27-17-22)28-19(2)31/h8-11,16-17,21,23,29H,3-7,12-15,18H2,1-2H3,(H,27,28,31). The molecule has 1 saturated heterocycles. The van der Waals surface area contributed by atoms with E-state index in [0.717, 1.165) is 62.5 Å². The number of amides is 1. The van der Waals surface area contributed by atoms with Gasteiger partial charge in [-0.15, -0.1) is 0 Å². The van der Waals surface area contributed by atoms with Gasteiger partial charge in [0.05, 0.1) is 24.6 Å². The van der Waals surface area contributed by atoms with Gasteiger partial charge >= 0.3 is 0 Å². The Balaban J connectivity index is 1.27. The summed E-state index contributed by atoms with van der Waals surface area (Å²) in [6, 6.07) is 10.6. The second-order valence-corrected chi connectivity index (χ2v) is 9.05. The minimum atomic E-state index is -0.111. The van der Waals surface area contributed by atoms with E-state index in [-0.39, 0.29) is 5.91 Å². The number of nitrogens with zero attached hydrogens (tertiary/aromatic N) is 2. The number of hydrogen-bond acceptors (Lipinski definition) is 6. The Bertz CT molecular complexity index is 904. The van der Waals surface area contributed by atoms with Gasteiger partial charge in [0.1, 0.15) is 5.82 Å². The van der Waals surface area contributed by atoms with E-state index in [9.17, 15) is 4.79 Å². The zero-order valence-corrected chi connectivity index (χ0v) is 19.8. The number of likely N-dealkylation sites (tertiary alicyclic amines) is 1. The van der Waals surface area contributed by atoms with Gasteiger partial charge in [0.25, 0.3) is 0 Å². The molecule has 1 saturated carbocycles. The van der Waals surface area contributed by atoms with Gasteiger partial charge in [0.2, 0.25) is 5.91 Å². The van der Waals surface area contributed by atoms with E-state index in [0.29, 0.717) is 24.6 Å². The number of anilines is 2. The van der Waals surface area contributed by atoms with Gasteiger partial charge in [-0.25, -0.2) is 4.98 Å². The van der Waals surface area contributed by atoms with Gasteiger partial charge in [-0.3, -0.25) is 9.69 Å². The van der Waals surface area contributed by atoms with Crippen molar-refractivity contribution in [2.24, 2.45) is 0 Å². The highest BCUT2D eigenvalue weighted by molar-refractivity contribution is 5.87. The molecule has 2 aromatic rings. The van der Waals surface area contributed by atoms with Crippen molar-refractivity contribution < 1.29 is 14.3 Å². The number of rotatable bonds is 9. The van der Waals surface area contributed by atoms with E-state index < -0.39 is 0 Å². The van der Waals surface area contributed by atoms with Crippen LogP contribution in [0, 0.1) is 0 Å². The van der Waals surface area contributed by atoms with Crippen LogP contribution in [0.15, 0.2) is 36.5 Å². The van der Waals surface area contributed by atoms with Crippen LogP contribution in [-0.2, 0) is 11.3 Å². The van der Waals surface area contributed by atoms with E-state index in [1.807, 2.05) is 19.1 Å². The maximum atomic E-state index is 11.1. The van der Waals surface area contributed by atoms with Crippen molar-refractivity contribution in [3.8, 4) is 11.5 Å². The second-order valence-electron chi connectivity index (χ2n) is 9.05. The molecule has 2 fully saturated rings. The minimum Gasteiger partial charge on any atom is -0.490 e. The van der Waals surface area contributed by atoms with E-state index in [2.05, 4.69) is 38.7 Å². The summed E-state index contributed by atoms with van der Waals surface area (Å²) < 4.78 is 12.1. The molecular formula is C26H36N4O3. The highest BCUT2D eigenvalue weighted by Crippen LogP contribution is 2.33. The van der Waals surface area contributed by atoms with E-state index >= 15 is 0 Å². The first-order valence-corrected chi connectivity index (χ1v) is 12.2. The number of carbonyl (C=O) groups excluding carboxylic acids is 1. The Hall–Kier alpha value is -2.80. The van der Waals surface area contributed by atoms with Crippen molar-refractivity contribution in [1.82, 2.24) is 9.88 Å². The van der Waals surface area contributed by atoms with Crippen LogP contribution in [0.25, 0.3) is 0 Å². The van der Waals surface area contributed by atoms with Gasteiger partial charge in [-0.1, -0.05) is 6.07 Å². The third-order valence-corrected chi connectivity index (χ3v) is 6.34. The van der Waals surface area contributed by atoms with Crippen LogP contribution in [0.3, 0.4) is 0 Å². The van der Waals surface area contributed by atoms with Crippen molar-refractivity contribution >= 4 is 17.4 Å². The first kappa shape index (κ1) is 23.4. The van der Waals surface area contributed by atoms with E-state index in [1.165, 1.54) is 25.3 Å². The highest BCUT2D eigenvalue weighted by atomic mass is 16.5. The molecule has 1 aromatic heterocycles. The molecule has 1 aromatic carbocycles. The Kier molecular flexibility index (Phi) is 8.05. The van der Waals surface area contributed by atoms with E-state index in [4.69, 9.17) is 9.47 Å². The Morgan fingerprint density at radius 3 is 2.55 bits per heavy atom. The van der Waals surface area contributed by atoms with Gasteiger partial charge in [0.15, 0.2) is 11.5 Å². The number of nitrogens with one attached hydrogen (secondary N) is 2. The predicted molar refractivity (Wildman–Crippen MR) is 131 cm³/mol. The Morgan fingerprint density at radius 1 is 1.09 bits per heavy atom. The molecule has 0 spiro atoms. The molecule has 33 heavy (non-hydrogen) atoms. The average Bonchev–Trinajstić information content (AvgIpc) is 3.31. The molecule has 1 aliphatic carbocycles. The second kappa shape index (κ2) is 11.4. The number of ether oxygens (including phenoxy) is 2. The number of benzene rings is 1. The van der Waals surface area contributed by atoms with E-state index in [1.54, 1.807) is 6.20 Å². The summed E-state index contributed by atoms with van der Waals surface area (Å²) in [5.41, 5.74) is 2.25. The fourth-order valence-corrected chi connectivity index (χ4v) is 4.67. The third kappa shape index (κ3) is 6.84. The average molecular weight is 453 g/mol. The van der Waals surface area contributed by atoms with Gasteiger partial charge in [0, 0.05) is 32.6 Å². The van der Waals surface area contributed by atoms with Crippen LogP contribution in [0.1, 0.15) is 57.9 Å². The van der Waals surface area contributed by atoms with Crippen molar-refractivity contribution in [3.05, 3.63) is 42.1 Å². The fourth-order valence-electron chi connectivity index (χ4n) is 4.67. The summed E-state index contributed by atoms with van der Waals surface area (Å²) >= 11 is 0. The topological polar surface area (TPSA) is 75.7 Å². The molecule has 7 heteroatoms. The lowest BCUT2D eigenvalue weighted by Crippen LogP contribution is -2.38. The fraction of sp³-hybridized carbons (Fsp3) is 0.538. The van der Waals surface area contributed by atoms with Crippen LogP contribution in [-0.4, -0.2) is 47.6 Å². The van der Waals surface area contributed by atoms with Crippen molar-refractivity contribution in [3.63, 3.8) is 0 Å². The normalized spacial score (nSPS) is 17.6. The first-order valence-electron chi connectivity index (χ1n) is 12.2. The zero-order chi connectivity index (χ0) is 23.0. The van der Waals surface area contributed by atoms with Crippen LogP contribution in [0.5, 0.6) is 11.5 Å². The van der Waals surface area contributed by atoms with Crippen LogP contribution in [0.2, 0.25) is 0 Å². The molecule has 0 bridgehead atoms. The molecule has 0 radical (unpaired) electrons. The van der Waals surface area contributed by atoms with Crippen molar-refractivity contribution in [1.29, 1.82) is 0 Å². The molecule has 1 amide bonds. The largest absolute Gasteiger partial charge is 0.490 e. The molecule has 7 nitrogen and oxygen atoms in total. The maximum absolute atomic E-state index is 11.1. The molecule has 2 aliphatic rings. The summed E-state index contributed by atoms with van der Waals surface area (Å²) in [6.07, 6.45) is 9.08. The minimum absolute atomic E-state index is 0.111. The summed E-state index contributed by atoms with van der Waals surface area (Å²) in [7, 11) is 0. The molecule has 178 valence electrons. The number of hydrogen-bond donors (Lipinski definition) is 2. The molecule has 0 atom stereocenters. The van der Waals surface area contributed by atoms with Crippen LogP contribution >= 0.6 is 0 Å². The van der Waals surface area contributed by atoms with Gasteiger partial charge in [-0.2, -0.15) is 0 Å².